The second-order valence-corrected chi connectivity index (χ2v) is 3.73. The minimum atomic E-state index is -1.27. The molecule has 1 heterocycles. The minimum Gasteiger partial charge on any atom is -0.469 e. The zero-order chi connectivity index (χ0) is 13.0. The van der Waals surface area contributed by atoms with Crippen LogP contribution in [-0.2, 0) is 9.53 Å². The Balaban J connectivity index is 2.84. The lowest BCUT2D eigenvalue weighted by atomic mass is 10.00. The van der Waals surface area contributed by atoms with E-state index in [1.807, 2.05) is 0 Å². The third-order valence-corrected chi connectivity index (χ3v) is 2.46. The molecule has 6 nitrogen and oxygen atoms in total. The van der Waals surface area contributed by atoms with E-state index in [9.17, 15) is 19.8 Å². The Morgan fingerprint density at radius 1 is 1.53 bits per heavy atom. The Kier molecular flexibility index (Phi) is 4.42. The summed E-state index contributed by atoms with van der Waals surface area (Å²) in [6, 6.07) is 1.31. The molecule has 94 valence electrons. The van der Waals surface area contributed by atoms with Gasteiger partial charge in [-0.15, -0.1) is 0 Å². The Bertz CT molecular complexity index is 453. The van der Waals surface area contributed by atoms with E-state index in [2.05, 4.69) is 9.72 Å². The molecule has 0 spiro atoms. The van der Waals surface area contributed by atoms with Crippen molar-refractivity contribution in [1.29, 1.82) is 0 Å². The molecule has 17 heavy (non-hydrogen) atoms. The molecule has 0 radical (unpaired) electrons. The molecular formula is C11H15NO5. The van der Waals surface area contributed by atoms with Gasteiger partial charge in [-0.25, -0.2) is 0 Å². The van der Waals surface area contributed by atoms with Crippen molar-refractivity contribution >= 4 is 5.97 Å². The Labute approximate surface area is 97.9 Å². The van der Waals surface area contributed by atoms with E-state index in [0.717, 1.165) is 0 Å². The number of aliphatic hydroxyl groups excluding tert-OH is 2. The summed E-state index contributed by atoms with van der Waals surface area (Å²) in [6.07, 6.45) is -1.50. The van der Waals surface area contributed by atoms with Crippen molar-refractivity contribution in [3.63, 3.8) is 0 Å². The van der Waals surface area contributed by atoms with Gasteiger partial charge in [-0.2, -0.15) is 0 Å². The molecule has 0 aliphatic rings. The largest absolute Gasteiger partial charge is 0.469 e. The number of esters is 1. The van der Waals surface area contributed by atoms with Crippen LogP contribution in [0, 0.1) is 6.92 Å². The van der Waals surface area contributed by atoms with Crippen LogP contribution in [-0.4, -0.2) is 34.4 Å². The van der Waals surface area contributed by atoms with Crippen molar-refractivity contribution in [3.8, 4) is 0 Å². The quantitative estimate of drug-likeness (QED) is 0.625. The molecule has 2 atom stereocenters. The summed E-state index contributed by atoms with van der Waals surface area (Å²) in [4.78, 5) is 24.3. The van der Waals surface area contributed by atoms with E-state index in [-0.39, 0.29) is 12.0 Å². The maximum absolute atomic E-state index is 11.0. The summed E-state index contributed by atoms with van der Waals surface area (Å²) in [7, 11) is 1.20. The van der Waals surface area contributed by atoms with Crippen molar-refractivity contribution < 1.29 is 19.7 Å². The van der Waals surface area contributed by atoms with Crippen LogP contribution in [0.4, 0.5) is 0 Å². The van der Waals surface area contributed by atoms with Gasteiger partial charge < -0.3 is 19.9 Å². The number of ether oxygens (including phenoxy) is 1. The first-order valence-electron chi connectivity index (χ1n) is 5.08. The molecule has 0 fully saturated rings. The smallest absolute Gasteiger partial charge is 0.308 e. The van der Waals surface area contributed by atoms with Crippen LogP contribution in [0.3, 0.4) is 0 Å². The lowest BCUT2D eigenvalue weighted by Gasteiger charge is -2.18. The third-order valence-electron chi connectivity index (χ3n) is 2.46. The number of H-pyrrole nitrogens is 1. The van der Waals surface area contributed by atoms with Crippen molar-refractivity contribution in [2.45, 2.75) is 25.6 Å². The molecule has 0 saturated heterocycles. The number of carbonyl (C=O) groups is 1. The van der Waals surface area contributed by atoms with Crippen LogP contribution >= 0.6 is 0 Å². The van der Waals surface area contributed by atoms with Crippen molar-refractivity contribution in [1.82, 2.24) is 4.98 Å². The molecule has 0 bridgehead atoms. The van der Waals surface area contributed by atoms with E-state index in [0.29, 0.717) is 11.1 Å². The van der Waals surface area contributed by atoms with Crippen LogP contribution in [0.15, 0.2) is 17.1 Å². The second kappa shape index (κ2) is 5.60. The normalized spacial score (nSPS) is 14.1. The number of hydrogen-bond donors (Lipinski definition) is 3. The molecular weight excluding hydrogens is 226 g/mol. The van der Waals surface area contributed by atoms with Crippen molar-refractivity contribution in [3.05, 3.63) is 33.7 Å². The second-order valence-electron chi connectivity index (χ2n) is 3.73. The van der Waals surface area contributed by atoms with Gasteiger partial charge in [-0.05, 0) is 12.5 Å². The summed E-state index contributed by atoms with van der Waals surface area (Å²) in [5.41, 5.74) is 0.632. The molecule has 0 saturated carbocycles. The van der Waals surface area contributed by atoms with Crippen LogP contribution in [0.2, 0.25) is 0 Å². The van der Waals surface area contributed by atoms with Gasteiger partial charge in [0.1, 0.15) is 6.10 Å². The molecule has 6 heteroatoms. The van der Waals surface area contributed by atoms with Crippen molar-refractivity contribution in [2.75, 3.05) is 7.11 Å². The zero-order valence-corrected chi connectivity index (χ0v) is 9.64. The first-order valence-corrected chi connectivity index (χ1v) is 5.08. The van der Waals surface area contributed by atoms with Crippen LogP contribution in [0.5, 0.6) is 0 Å². The van der Waals surface area contributed by atoms with Gasteiger partial charge in [0.2, 0.25) is 5.56 Å². The highest BCUT2D eigenvalue weighted by molar-refractivity contribution is 5.69. The van der Waals surface area contributed by atoms with E-state index < -0.39 is 18.2 Å². The van der Waals surface area contributed by atoms with Crippen LogP contribution in [0.1, 0.15) is 23.7 Å². The zero-order valence-electron chi connectivity index (χ0n) is 9.64. The number of methoxy groups -OCH3 is 1. The van der Waals surface area contributed by atoms with Crippen LogP contribution in [0.25, 0.3) is 0 Å². The number of hydrogen-bond acceptors (Lipinski definition) is 5. The summed E-state index contributed by atoms with van der Waals surface area (Å²) in [5, 5.41) is 19.4. The third kappa shape index (κ3) is 3.40. The maximum Gasteiger partial charge on any atom is 0.308 e. The number of aromatic amines is 1. The van der Waals surface area contributed by atoms with Crippen LogP contribution < -0.4 is 5.56 Å². The fraction of sp³-hybridized carbons (Fsp3) is 0.455. The molecule has 1 aromatic rings. The standard InChI is InChI=1S/C11H15NO5/c1-6-3-9(14)12-5-7(6)11(16)8(13)4-10(15)17-2/h3,5,8,11,13,16H,4H2,1-2H3,(H,12,14). The molecule has 1 rings (SSSR count). The SMILES string of the molecule is COC(=O)CC(O)C(O)c1c[nH]c(=O)cc1C. The average Bonchev–Trinajstić information content (AvgIpc) is 2.28. The fourth-order valence-electron chi connectivity index (χ4n) is 1.48. The van der Waals surface area contributed by atoms with E-state index in [1.54, 1.807) is 6.92 Å². The van der Waals surface area contributed by atoms with Gasteiger partial charge >= 0.3 is 5.97 Å². The Hall–Kier alpha value is -1.66. The highest BCUT2D eigenvalue weighted by atomic mass is 16.5. The van der Waals surface area contributed by atoms with Gasteiger partial charge in [-0.1, -0.05) is 0 Å². The van der Waals surface area contributed by atoms with Gasteiger partial charge in [0.25, 0.3) is 0 Å². The minimum absolute atomic E-state index is 0.291. The molecule has 3 N–H and O–H groups in total. The summed E-state index contributed by atoms with van der Waals surface area (Å²) < 4.78 is 4.39. The monoisotopic (exact) mass is 241 g/mol. The maximum atomic E-state index is 11.0. The lowest BCUT2D eigenvalue weighted by molar-refractivity contribution is -0.144. The predicted molar refractivity (Wildman–Crippen MR) is 59.4 cm³/mol. The van der Waals surface area contributed by atoms with Gasteiger partial charge in [-0.3, -0.25) is 9.59 Å². The molecule has 0 amide bonds. The molecule has 0 aliphatic carbocycles. The summed E-state index contributed by atoms with van der Waals surface area (Å²) in [6.45, 7) is 1.64. The number of aromatic nitrogens is 1. The first kappa shape index (κ1) is 13.4. The van der Waals surface area contributed by atoms with E-state index in [1.165, 1.54) is 19.4 Å². The Morgan fingerprint density at radius 3 is 2.71 bits per heavy atom. The van der Waals surface area contributed by atoms with E-state index in [4.69, 9.17) is 0 Å². The van der Waals surface area contributed by atoms with Gasteiger partial charge in [0.15, 0.2) is 0 Å². The number of pyridine rings is 1. The predicted octanol–water partition coefficient (Wildman–Crippen LogP) is -0.359. The van der Waals surface area contributed by atoms with Crippen molar-refractivity contribution in [2.24, 2.45) is 0 Å². The summed E-state index contributed by atoms with van der Waals surface area (Å²) >= 11 is 0. The Morgan fingerprint density at radius 2 is 2.18 bits per heavy atom. The number of carbonyl (C=O) groups excluding carboxylic acids is 1. The average molecular weight is 241 g/mol. The topological polar surface area (TPSA) is 99.6 Å². The highest BCUT2D eigenvalue weighted by Gasteiger charge is 2.23. The van der Waals surface area contributed by atoms with E-state index >= 15 is 0 Å². The molecule has 0 aliphatic heterocycles. The first-order chi connectivity index (χ1) is 7.95. The molecule has 0 aromatic carbocycles. The van der Waals surface area contributed by atoms with Gasteiger partial charge in [0, 0.05) is 17.8 Å². The molecule has 1 aromatic heterocycles. The number of aliphatic hydroxyl groups is 2. The fourth-order valence-corrected chi connectivity index (χ4v) is 1.48. The highest BCUT2D eigenvalue weighted by Crippen LogP contribution is 2.20. The summed E-state index contributed by atoms with van der Waals surface area (Å²) in [5.74, 6) is -0.612. The number of rotatable bonds is 4. The molecule has 2 unspecified atom stereocenters. The number of nitrogens with one attached hydrogen (secondary N) is 1. The van der Waals surface area contributed by atoms with Gasteiger partial charge in [0.05, 0.1) is 19.6 Å². The lowest BCUT2D eigenvalue weighted by Crippen LogP contribution is -2.24. The number of aryl methyl sites for hydroxylation is 1.